The second kappa shape index (κ2) is 11.1. The largest absolute Gasteiger partial charge is 0.497 e. The third kappa shape index (κ3) is 6.05. The number of hydrogen-bond donors (Lipinski definition) is 2. The van der Waals surface area contributed by atoms with Gasteiger partial charge in [0.25, 0.3) is 0 Å². The molecule has 11 nitrogen and oxygen atoms in total. The van der Waals surface area contributed by atoms with Crippen LogP contribution in [0.1, 0.15) is 12.8 Å². The number of methoxy groups -OCH3 is 1. The molecule has 3 rings (SSSR count). The van der Waals surface area contributed by atoms with Gasteiger partial charge in [0.15, 0.2) is 0 Å². The molecule has 2 N–H and O–H groups in total. The van der Waals surface area contributed by atoms with Crippen molar-refractivity contribution in [3.05, 3.63) is 43.0 Å². The number of sulfonamides is 1. The van der Waals surface area contributed by atoms with Crippen molar-refractivity contribution in [3.63, 3.8) is 0 Å². The summed E-state index contributed by atoms with van der Waals surface area (Å²) in [7, 11) is -2.35. The van der Waals surface area contributed by atoms with E-state index in [4.69, 9.17) is 9.47 Å². The van der Waals surface area contributed by atoms with Crippen LogP contribution < -0.4 is 15.4 Å². The van der Waals surface area contributed by atoms with E-state index in [-0.39, 0.29) is 18.0 Å². The summed E-state index contributed by atoms with van der Waals surface area (Å²) in [6.45, 7) is 1.44. The minimum atomic E-state index is -3.85. The molecule has 1 aliphatic rings. The van der Waals surface area contributed by atoms with Gasteiger partial charge >= 0.3 is 11.8 Å². The van der Waals surface area contributed by atoms with Crippen LogP contribution in [0.25, 0.3) is 0 Å². The monoisotopic (exact) mass is 465 g/mol. The Bertz CT molecular complexity index is 994. The van der Waals surface area contributed by atoms with Crippen molar-refractivity contribution >= 4 is 21.8 Å². The minimum Gasteiger partial charge on any atom is -0.497 e. The highest BCUT2D eigenvalue weighted by atomic mass is 32.2. The molecule has 1 atom stereocenters. The van der Waals surface area contributed by atoms with Gasteiger partial charge in [-0.25, -0.2) is 13.4 Å². The van der Waals surface area contributed by atoms with Gasteiger partial charge in [0, 0.05) is 32.0 Å². The number of nitrogens with one attached hydrogen (secondary N) is 2. The number of benzene rings is 1. The molecule has 1 fully saturated rings. The summed E-state index contributed by atoms with van der Waals surface area (Å²) in [6.07, 6.45) is 5.40. The zero-order chi connectivity index (χ0) is 23.0. The van der Waals surface area contributed by atoms with Gasteiger partial charge in [-0.1, -0.05) is 0 Å². The molecule has 0 radical (unpaired) electrons. The molecule has 174 valence electrons. The first-order valence-electron chi connectivity index (χ1n) is 10.2. The quantitative estimate of drug-likeness (QED) is 0.392. The number of carbonyl (C=O) groups is 2. The molecule has 1 aromatic carbocycles. The molecule has 2 heterocycles. The van der Waals surface area contributed by atoms with Crippen LogP contribution in [0, 0.1) is 0 Å². The Hall–Kier alpha value is -2.96. The molecule has 1 aromatic heterocycles. The highest BCUT2D eigenvalue weighted by Gasteiger charge is 2.35. The van der Waals surface area contributed by atoms with Crippen molar-refractivity contribution in [2.75, 3.05) is 33.4 Å². The summed E-state index contributed by atoms with van der Waals surface area (Å²) in [5.74, 6) is -1.08. The third-order valence-corrected chi connectivity index (χ3v) is 6.80. The Kier molecular flexibility index (Phi) is 8.20. The van der Waals surface area contributed by atoms with Crippen LogP contribution in [0.15, 0.2) is 47.9 Å². The van der Waals surface area contributed by atoms with Gasteiger partial charge in [0.1, 0.15) is 12.0 Å². The first kappa shape index (κ1) is 23.7. The predicted octanol–water partition coefficient (Wildman–Crippen LogP) is -0.0485. The zero-order valence-electron chi connectivity index (χ0n) is 17.8. The van der Waals surface area contributed by atoms with Crippen molar-refractivity contribution in [3.8, 4) is 5.75 Å². The fourth-order valence-corrected chi connectivity index (χ4v) is 4.77. The van der Waals surface area contributed by atoms with Crippen LogP contribution >= 0.6 is 0 Å². The molecule has 0 spiro atoms. The van der Waals surface area contributed by atoms with Crippen molar-refractivity contribution < 1.29 is 27.5 Å². The maximum Gasteiger partial charge on any atom is 0.309 e. The van der Waals surface area contributed by atoms with E-state index < -0.39 is 28.1 Å². The molecular formula is C20H27N5O6S. The fourth-order valence-electron chi connectivity index (χ4n) is 3.21. The van der Waals surface area contributed by atoms with Crippen LogP contribution in [-0.2, 0) is 30.9 Å². The van der Waals surface area contributed by atoms with Crippen molar-refractivity contribution in [1.82, 2.24) is 24.5 Å². The van der Waals surface area contributed by atoms with Crippen LogP contribution in [0.3, 0.4) is 0 Å². The average Bonchev–Trinajstić information content (AvgIpc) is 3.34. The van der Waals surface area contributed by atoms with E-state index >= 15 is 0 Å². The van der Waals surface area contributed by atoms with E-state index in [0.29, 0.717) is 38.3 Å². The highest BCUT2D eigenvalue weighted by molar-refractivity contribution is 7.89. The van der Waals surface area contributed by atoms with E-state index in [2.05, 4.69) is 15.6 Å². The van der Waals surface area contributed by atoms with E-state index in [9.17, 15) is 18.0 Å². The number of amides is 2. The molecule has 2 amide bonds. The van der Waals surface area contributed by atoms with Crippen molar-refractivity contribution in [2.24, 2.45) is 0 Å². The normalized spacial score (nSPS) is 17.0. The number of aromatic nitrogens is 2. The van der Waals surface area contributed by atoms with Crippen LogP contribution in [-0.4, -0.2) is 73.7 Å². The summed E-state index contributed by atoms with van der Waals surface area (Å²) in [4.78, 5) is 28.2. The summed E-state index contributed by atoms with van der Waals surface area (Å²) in [5.41, 5.74) is 0. The fraction of sp³-hybridized carbons (Fsp3) is 0.450. The van der Waals surface area contributed by atoms with Crippen molar-refractivity contribution in [1.29, 1.82) is 0 Å². The van der Waals surface area contributed by atoms with Crippen LogP contribution in [0.5, 0.6) is 5.75 Å². The Morgan fingerprint density at radius 3 is 2.66 bits per heavy atom. The number of aryl methyl sites for hydroxylation is 1. The molecule has 12 heteroatoms. The third-order valence-electron chi connectivity index (χ3n) is 4.90. The van der Waals surface area contributed by atoms with E-state index in [1.165, 1.54) is 23.5 Å². The van der Waals surface area contributed by atoms with Gasteiger partial charge in [-0.3, -0.25) is 9.59 Å². The smallest absolute Gasteiger partial charge is 0.309 e. The van der Waals surface area contributed by atoms with Crippen molar-refractivity contribution in [2.45, 2.75) is 30.5 Å². The lowest BCUT2D eigenvalue weighted by Gasteiger charge is -2.34. The predicted molar refractivity (Wildman–Crippen MR) is 114 cm³/mol. The Labute approximate surface area is 186 Å². The van der Waals surface area contributed by atoms with Crippen LogP contribution in [0.4, 0.5) is 0 Å². The molecule has 2 aromatic rings. The molecular weight excluding hydrogens is 438 g/mol. The molecule has 0 aliphatic carbocycles. The number of carbonyl (C=O) groups excluding carboxylic acids is 2. The van der Waals surface area contributed by atoms with Gasteiger partial charge in [0.05, 0.1) is 31.5 Å². The lowest BCUT2D eigenvalue weighted by Crippen LogP contribution is -2.53. The molecule has 1 aliphatic heterocycles. The van der Waals surface area contributed by atoms with E-state index in [1.54, 1.807) is 24.7 Å². The summed E-state index contributed by atoms with van der Waals surface area (Å²) >= 11 is 0. The minimum absolute atomic E-state index is 0.0933. The van der Waals surface area contributed by atoms with E-state index in [1.807, 2.05) is 10.8 Å². The molecule has 0 bridgehead atoms. The number of nitrogens with zero attached hydrogens (tertiary/aromatic N) is 3. The summed E-state index contributed by atoms with van der Waals surface area (Å²) in [6, 6.07) is 6.03. The number of rotatable bonds is 9. The van der Waals surface area contributed by atoms with Gasteiger partial charge in [-0.2, -0.15) is 4.31 Å². The van der Waals surface area contributed by atoms with Crippen LogP contribution in [0.2, 0.25) is 0 Å². The molecule has 0 unspecified atom stereocenters. The average molecular weight is 466 g/mol. The van der Waals surface area contributed by atoms with Gasteiger partial charge < -0.3 is 24.7 Å². The van der Waals surface area contributed by atoms with Gasteiger partial charge in [-0.05, 0) is 37.1 Å². The first-order chi connectivity index (χ1) is 15.4. The SMILES string of the molecule is COc1ccc(S(=O)(=O)N2CCCO[C@H]2CNC(=O)C(=O)NCCCn2ccnc2)cc1. The summed E-state index contributed by atoms with van der Waals surface area (Å²) < 4.78 is 39.8. The Morgan fingerprint density at radius 2 is 1.97 bits per heavy atom. The lowest BCUT2D eigenvalue weighted by molar-refractivity contribution is -0.140. The van der Waals surface area contributed by atoms with Gasteiger partial charge in [0.2, 0.25) is 10.0 Å². The molecule has 0 saturated carbocycles. The molecule has 32 heavy (non-hydrogen) atoms. The standard InChI is InChI=1S/C20H27N5O6S/c1-30-16-4-6-17(7-5-16)32(28,29)25-11-3-13-31-18(25)14-23-20(27)19(26)22-8-2-10-24-12-9-21-15-24/h4-7,9,12,15,18H,2-3,8,10-11,13-14H2,1H3,(H,22,26)(H,23,27)/t18-/m0/s1. The lowest BCUT2D eigenvalue weighted by atomic mass is 10.3. The highest BCUT2D eigenvalue weighted by Crippen LogP contribution is 2.23. The number of ether oxygens (including phenoxy) is 2. The Balaban J connectivity index is 1.51. The van der Waals surface area contributed by atoms with E-state index in [0.717, 1.165) is 0 Å². The second-order valence-electron chi connectivity index (χ2n) is 7.09. The second-order valence-corrected chi connectivity index (χ2v) is 8.98. The maximum absolute atomic E-state index is 13.1. The first-order valence-corrected chi connectivity index (χ1v) is 11.6. The number of imidazole rings is 1. The van der Waals surface area contributed by atoms with Gasteiger partial charge in [-0.15, -0.1) is 0 Å². The Morgan fingerprint density at radius 1 is 1.22 bits per heavy atom. The maximum atomic E-state index is 13.1. The zero-order valence-corrected chi connectivity index (χ0v) is 18.6. The molecule has 1 saturated heterocycles. The summed E-state index contributed by atoms with van der Waals surface area (Å²) in [5, 5.41) is 5.00. The number of hydrogen-bond acceptors (Lipinski definition) is 7. The topological polar surface area (TPSA) is 132 Å².